The predicted octanol–water partition coefficient (Wildman–Crippen LogP) is 2.47. The number of aryl methyl sites for hydroxylation is 1. The summed E-state index contributed by atoms with van der Waals surface area (Å²) in [6, 6.07) is 5.79. The van der Waals surface area contributed by atoms with E-state index in [9.17, 15) is 27.2 Å². The number of aromatic nitrogens is 2. The zero-order valence-electron chi connectivity index (χ0n) is 20.6. The summed E-state index contributed by atoms with van der Waals surface area (Å²) in [6.07, 6.45) is 0.597. The number of carbonyl (C=O) groups excluding carboxylic acids is 2. The van der Waals surface area contributed by atoms with Crippen LogP contribution >= 0.6 is 0 Å². The standard InChI is InChI=1S/C22H29FN6O2.C2HF3O2/c23-17-5-3-4-16(12-17)13-26-22(31)27-14-18-6-7-20-25-15-19(29(18)20)21(30)24-8-11-28-9-1-2-10-28;3-2(4,5)1(6)7/h3-5,12,15,18H,1-2,6-11,13-14H2,(H,24,30)(H2,26,27,31);(H,6,7). The van der Waals surface area contributed by atoms with Crippen molar-refractivity contribution in [2.45, 2.75) is 44.4 Å². The van der Waals surface area contributed by atoms with Crippen LogP contribution in [-0.2, 0) is 17.8 Å². The van der Waals surface area contributed by atoms with Crippen molar-refractivity contribution in [3.05, 3.63) is 53.4 Å². The summed E-state index contributed by atoms with van der Waals surface area (Å²) in [5.41, 5.74) is 1.24. The first kappa shape index (κ1) is 28.9. The molecule has 208 valence electrons. The van der Waals surface area contributed by atoms with Crippen molar-refractivity contribution in [1.29, 1.82) is 0 Å². The van der Waals surface area contributed by atoms with E-state index in [1.165, 1.54) is 25.0 Å². The first-order valence-electron chi connectivity index (χ1n) is 12.2. The van der Waals surface area contributed by atoms with Gasteiger partial charge >= 0.3 is 18.2 Å². The zero-order chi connectivity index (χ0) is 27.7. The van der Waals surface area contributed by atoms with E-state index in [1.807, 2.05) is 4.57 Å². The van der Waals surface area contributed by atoms with Gasteiger partial charge in [0, 0.05) is 32.6 Å². The molecule has 3 heterocycles. The average molecular weight is 543 g/mol. The van der Waals surface area contributed by atoms with Crippen LogP contribution in [0.25, 0.3) is 0 Å². The van der Waals surface area contributed by atoms with Crippen molar-refractivity contribution in [3.63, 3.8) is 0 Å². The van der Waals surface area contributed by atoms with Crippen LogP contribution in [0.15, 0.2) is 30.5 Å². The summed E-state index contributed by atoms with van der Waals surface area (Å²) < 4.78 is 46.9. The highest BCUT2D eigenvalue weighted by Gasteiger charge is 2.38. The van der Waals surface area contributed by atoms with Gasteiger partial charge in [0.25, 0.3) is 5.91 Å². The number of likely N-dealkylation sites (tertiary alicyclic amines) is 1. The first-order chi connectivity index (χ1) is 18.0. The van der Waals surface area contributed by atoms with Crippen LogP contribution in [0.4, 0.5) is 22.4 Å². The third-order valence-electron chi connectivity index (χ3n) is 6.17. The van der Waals surface area contributed by atoms with E-state index in [0.29, 0.717) is 24.3 Å². The van der Waals surface area contributed by atoms with Crippen LogP contribution in [-0.4, -0.2) is 76.4 Å². The maximum Gasteiger partial charge on any atom is 0.490 e. The number of hydrogen-bond acceptors (Lipinski definition) is 5. The fourth-order valence-electron chi connectivity index (χ4n) is 4.30. The normalized spacial score (nSPS) is 16.8. The van der Waals surface area contributed by atoms with Crippen molar-refractivity contribution >= 4 is 17.9 Å². The van der Waals surface area contributed by atoms with E-state index in [1.54, 1.807) is 18.3 Å². The Bertz CT molecular complexity index is 1120. The predicted molar refractivity (Wildman–Crippen MR) is 128 cm³/mol. The Labute approximate surface area is 216 Å². The molecular weight excluding hydrogens is 512 g/mol. The van der Waals surface area contributed by atoms with Gasteiger partial charge in [0.15, 0.2) is 0 Å². The Balaban J connectivity index is 0.000000505. The number of carboxylic acids is 1. The van der Waals surface area contributed by atoms with Crippen molar-refractivity contribution in [2.24, 2.45) is 0 Å². The van der Waals surface area contributed by atoms with Crippen molar-refractivity contribution in [2.75, 3.05) is 32.7 Å². The van der Waals surface area contributed by atoms with E-state index in [2.05, 4.69) is 25.8 Å². The summed E-state index contributed by atoms with van der Waals surface area (Å²) in [5.74, 6) is -2.34. The van der Waals surface area contributed by atoms with Crippen molar-refractivity contribution < 1.29 is 37.1 Å². The van der Waals surface area contributed by atoms with Gasteiger partial charge < -0.3 is 30.5 Å². The minimum Gasteiger partial charge on any atom is -0.475 e. The topological polar surface area (TPSA) is 129 Å². The Hall–Kier alpha value is -3.68. The summed E-state index contributed by atoms with van der Waals surface area (Å²) in [7, 11) is 0. The second-order valence-electron chi connectivity index (χ2n) is 8.92. The number of nitrogens with one attached hydrogen (secondary N) is 3. The largest absolute Gasteiger partial charge is 0.490 e. The van der Waals surface area contributed by atoms with Gasteiger partial charge in [0.2, 0.25) is 0 Å². The molecule has 10 nitrogen and oxygen atoms in total. The van der Waals surface area contributed by atoms with Crippen LogP contribution in [0.3, 0.4) is 0 Å². The number of imidazole rings is 1. The smallest absolute Gasteiger partial charge is 0.475 e. The summed E-state index contributed by atoms with van der Waals surface area (Å²) in [5, 5.41) is 15.7. The molecule has 0 saturated carbocycles. The molecule has 1 saturated heterocycles. The number of amides is 3. The van der Waals surface area contributed by atoms with Crippen LogP contribution in [0, 0.1) is 5.82 Å². The number of alkyl halides is 3. The molecule has 0 bridgehead atoms. The van der Waals surface area contributed by atoms with Crippen molar-refractivity contribution in [3.8, 4) is 0 Å². The Morgan fingerprint density at radius 2 is 1.82 bits per heavy atom. The van der Waals surface area contributed by atoms with E-state index < -0.39 is 12.1 Å². The molecule has 38 heavy (non-hydrogen) atoms. The number of carboxylic acid groups (broad SMARTS) is 1. The average Bonchev–Trinajstić information content (AvgIpc) is 3.60. The number of aliphatic carboxylic acids is 1. The molecule has 0 aliphatic carbocycles. The van der Waals surface area contributed by atoms with Crippen LogP contribution in [0.5, 0.6) is 0 Å². The first-order valence-corrected chi connectivity index (χ1v) is 12.2. The number of hydrogen-bond donors (Lipinski definition) is 4. The molecule has 1 aromatic heterocycles. The van der Waals surface area contributed by atoms with Gasteiger partial charge in [0.05, 0.1) is 12.2 Å². The highest BCUT2D eigenvalue weighted by Crippen LogP contribution is 2.26. The maximum absolute atomic E-state index is 13.2. The van der Waals surface area contributed by atoms with Gasteiger partial charge in [0.1, 0.15) is 17.3 Å². The molecule has 4 N–H and O–H groups in total. The van der Waals surface area contributed by atoms with Gasteiger partial charge in [-0.15, -0.1) is 0 Å². The van der Waals surface area contributed by atoms with Gasteiger partial charge in [-0.3, -0.25) is 4.79 Å². The van der Waals surface area contributed by atoms with Gasteiger partial charge in [-0.25, -0.2) is 19.0 Å². The molecule has 3 amide bonds. The number of nitrogens with zero attached hydrogens (tertiary/aromatic N) is 3. The highest BCUT2D eigenvalue weighted by molar-refractivity contribution is 5.92. The number of fused-ring (bicyclic) bond motifs is 1. The molecule has 2 aliphatic heterocycles. The summed E-state index contributed by atoms with van der Waals surface area (Å²) in [4.78, 5) is 40.5. The fourth-order valence-corrected chi connectivity index (χ4v) is 4.30. The molecule has 2 aromatic rings. The number of carbonyl (C=O) groups is 3. The van der Waals surface area contributed by atoms with E-state index in [-0.39, 0.29) is 30.3 Å². The van der Waals surface area contributed by atoms with E-state index in [0.717, 1.165) is 38.3 Å². The number of rotatable bonds is 8. The molecule has 1 fully saturated rings. The summed E-state index contributed by atoms with van der Waals surface area (Å²) >= 11 is 0. The fraction of sp³-hybridized carbons (Fsp3) is 0.500. The lowest BCUT2D eigenvalue weighted by atomic mass is 10.2. The number of halogens is 4. The molecule has 2 aliphatic rings. The molecule has 0 spiro atoms. The van der Waals surface area contributed by atoms with Crippen LogP contribution < -0.4 is 16.0 Å². The molecule has 1 aromatic carbocycles. The SMILES string of the molecule is O=C(NCc1cccc(F)c1)NCC1CCc2ncc(C(=O)NCCN3CCCC3)n21.O=C(O)C(F)(F)F. The Morgan fingerprint density at radius 3 is 2.47 bits per heavy atom. The highest BCUT2D eigenvalue weighted by atomic mass is 19.4. The number of urea groups is 1. The van der Waals surface area contributed by atoms with Gasteiger partial charge in [-0.2, -0.15) is 13.2 Å². The molecule has 1 unspecified atom stereocenters. The molecular formula is C24H30F4N6O4. The lowest BCUT2D eigenvalue weighted by Crippen LogP contribution is -2.39. The Morgan fingerprint density at radius 1 is 1.11 bits per heavy atom. The lowest BCUT2D eigenvalue weighted by Gasteiger charge is -2.18. The van der Waals surface area contributed by atoms with E-state index >= 15 is 0 Å². The molecule has 1 atom stereocenters. The minimum absolute atomic E-state index is 0.0169. The molecule has 4 rings (SSSR count). The quantitative estimate of drug-likeness (QED) is 0.380. The maximum atomic E-state index is 13.2. The molecule has 0 radical (unpaired) electrons. The lowest BCUT2D eigenvalue weighted by molar-refractivity contribution is -0.192. The van der Waals surface area contributed by atoms with Gasteiger partial charge in [-0.1, -0.05) is 12.1 Å². The third-order valence-corrected chi connectivity index (χ3v) is 6.17. The minimum atomic E-state index is -5.08. The third kappa shape index (κ3) is 8.43. The van der Waals surface area contributed by atoms with Crippen LogP contribution in [0.1, 0.15) is 47.2 Å². The second-order valence-corrected chi connectivity index (χ2v) is 8.92. The van der Waals surface area contributed by atoms with E-state index in [4.69, 9.17) is 9.90 Å². The van der Waals surface area contributed by atoms with Crippen molar-refractivity contribution in [1.82, 2.24) is 30.4 Å². The number of benzene rings is 1. The monoisotopic (exact) mass is 542 g/mol. The summed E-state index contributed by atoms with van der Waals surface area (Å²) in [6.45, 7) is 4.33. The zero-order valence-corrected chi connectivity index (χ0v) is 20.6. The molecule has 14 heteroatoms. The van der Waals surface area contributed by atoms with Crippen LogP contribution in [0.2, 0.25) is 0 Å². The Kier molecular flexibility index (Phi) is 10.0. The second kappa shape index (κ2) is 13.2. The van der Waals surface area contributed by atoms with Gasteiger partial charge in [-0.05, 0) is 50.0 Å².